The van der Waals surface area contributed by atoms with E-state index in [0.29, 0.717) is 48.7 Å². The highest BCUT2D eigenvalue weighted by atomic mass is 19.1. The lowest BCUT2D eigenvalue weighted by Gasteiger charge is -2.38. The second kappa shape index (κ2) is 21.3. The quantitative estimate of drug-likeness (QED) is 0.0680. The van der Waals surface area contributed by atoms with Crippen LogP contribution in [-0.2, 0) is 22.4 Å². The zero-order chi connectivity index (χ0) is 40.1. The molecule has 6 heteroatoms. The molecule has 0 aliphatic heterocycles. The monoisotopic (exact) mass is 769 g/mol. The molecule has 0 radical (unpaired) electrons. The number of aliphatic hydroxyl groups is 2. The van der Waals surface area contributed by atoms with E-state index in [1.165, 1.54) is 77.0 Å². The average molecular weight is 769 g/mol. The van der Waals surface area contributed by atoms with Gasteiger partial charge in [-0.3, -0.25) is 0 Å². The van der Waals surface area contributed by atoms with Crippen molar-refractivity contribution in [3.8, 4) is 28.0 Å². The van der Waals surface area contributed by atoms with E-state index in [9.17, 15) is 15.0 Å². The second-order valence-electron chi connectivity index (χ2n) is 17.1. The SMILES string of the molecule is C=C(C)C(=O)OCCc1cc(-c2ccc(-c3ccc(C4CCC(C5CCC(CCCCC)CC5)CC4)cc3F)cc2CC)ccc1OCCC(CC)(CO)CO. The van der Waals surface area contributed by atoms with Crippen LogP contribution in [0.3, 0.4) is 0 Å². The van der Waals surface area contributed by atoms with Crippen molar-refractivity contribution in [2.24, 2.45) is 23.2 Å². The molecule has 0 heterocycles. The molecular weight excluding hydrogens is 700 g/mol. The molecule has 3 aromatic rings. The van der Waals surface area contributed by atoms with Gasteiger partial charge in [-0.2, -0.15) is 0 Å². The summed E-state index contributed by atoms with van der Waals surface area (Å²) in [5.74, 6) is 3.24. The molecule has 3 aromatic carbocycles. The van der Waals surface area contributed by atoms with Crippen molar-refractivity contribution in [2.75, 3.05) is 26.4 Å². The highest BCUT2D eigenvalue weighted by molar-refractivity contribution is 5.87. The fourth-order valence-corrected chi connectivity index (χ4v) is 9.36. The third-order valence-electron chi connectivity index (χ3n) is 13.4. The zero-order valence-electron chi connectivity index (χ0n) is 34.9. The van der Waals surface area contributed by atoms with Gasteiger partial charge >= 0.3 is 5.97 Å². The number of benzene rings is 3. The van der Waals surface area contributed by atoms with Crippen LogP contribution in [0.5, 0.6) is 5.75 Å². The summed E-state index contributed by atoms with van der Waals surface area (Å²) in [5.41, 5.74) is 6.48. The van der Waals surface area contributed by atoms with Crippen LogP contribution in [0, 0.1) is 29.0 Å². The lowest BCUT2D eigenvalue weighted by molar-refractivity contribution is -0.138. The minimum absolute atomic E-state index is 0.114. The van der Waals surface area contributed by atoms with Crippen LogP contribution in [0.1, 0.15) is 140 Å². The van der Waals surface area contributed by atoms with Gasteiger partial charge in [0.25, 0.3) is 0 Å². The first-order chi connectivity index (χ1) is 27.1. The van der Waals surface area contributed by atoms with Crippen LogP contribution in [-0.4, -0.2) is 42.6 Å². The van der Waals surface area contributed by atoms with Crippen LogP contribution in [0.25, 0.3) is 22.3 Å². The molecule has 0 unspecified atom stereocenters. The highest BCUT2D eigenvalue weighted by Crippen LogP contribution is 2.45. The third kappa shape index (κ3) is 11.3. The third-order valence-corrected chi connectivity index (χ3v) is 13.4. The molecule has 2 fully saturated rings. The van der Waals surface area contributed by atoms with Gasteiger partial charge in [0.15, 0.2) is 0 Å². The summed E-state index contributed by atoms with van der Waals surface area (Å²) in [6.45, 7) is 12.0. The van der Waals surface area contributed by atoms with Gasteiger partial charge in [0, 0.05) is 23.0 Å². The number of hydrogen-bond acceptors (Lipinski definition) is 5. The number of aryl methyl sites for hydroxylation is 1. The number of carbonyl (C=O) groups excluding carboxylic acids is 1. The summed E-state index contributed by atoms with van der Waals surface area (Å²) in [7, 11) is 0. The molecule has 0 atom stereocenters. The van der Waals surface area contributed by atoms with E-state index in [2.05, 4.69) is 44.7 Å². The van der Waals surface area contributed by atoms with Gasteiger partial charge in [0.2, 0.25) is 0 Å². The van der Waals surface area contributed by atoms with Crippen molar-refractivity contribution in [2.45, 2.75) is 136 Å². The molecule has 56 heavy (non-hydrogen) atoms. The fraction of sp³-hybridized carbons (Fsp3) is 0.580. The molecule has 0 bridgehead atoms. The molecule has 0 aromatic heterocycles. The number of hydrogen-bond donors (Lipinski definition) is 2. The van der Waals surface area contributed by atoms with E-state index in [1.807, 2.05) is 31.2 Å². The maximum atomic E-state index is 15.9. The summed E-state index contributed by atoms with van der Waals surface area (Å²) in [6, 6.07) is 18.2. The van der Waals surface area contributed by atoms with Crippen molar-refractivity contribution in [1.29, 1.82) is 0 Å². The number of carbonyl (C=O) groups is 1. The smallest absolute Gasteiger partial charge is 0.333 e. The molecule has 0 amide bonds. The minimum atomic E-state index is -0.597. The molecule has 5 rings (SSSR count). The topological polar surface area (TPSA) is 76.0 Å². The van der Waals surface area contributed by atoms with Crippen molar-refractivity contribution >= 4 is 5.97 Å². The minimum Gasteiger partial charge on any atom is -0.493 e. The zero-order valence-corrected chi connectivity index (χ0v) is 34.9. The molecule has 2 aliphatic carbocycles. The molecule has 2 aliphatic rings. The Hall–Kier alpha value is -3.48. The predicted molar refractivity (Wildman–Crippen MR) is 227 cm³/mol. The van der Waals surface area contributed by atoms with Crippen molar-refractivity contribution in [3.05, 3.63) is 89.3 Å². The number of ether oxygens (including phenoxy) is 2. The number of esters is 1. The van der Waals surface area contributed by atoms with Crippen LogP contribution >= 0.6 is 0 Å². The van der Waals surface area contributed by atoms with Crippen molar-refractivity contribution in [1.82, 2.24) is 0 Å². The maximum Gasteiger partial charge on any atom is 0.333 e. The van der Waals surface area contributed by atoms with Gasteiger partial charge < -0.3 is 19.7 Å². The van der Waals surface area contributed by atoms with E-state index >= 15 is 4.39 Å². The van der Waals surface area contributed by atoms with Gasteiger partial charge in [0.05, 0.1) is 26.4 Å². The largest absolute Gasteiger partial charge is 0.493 e. The van der Waals surface area contributed by atoms with Gasteiger partial charge in [-0.05, 0) is 140 Å². The molecule has 306 valence electrons. The Morgan fingerprint density at radius 3 is 2.07 bits per heavy atom. The molecule has 2 saturated carbocycles. The Morgan fingerprint density at radius 1 is 0.804 bits per heavy atom. The first kappa shape index (κ1) is 43.6. The first-order valence-corrected chi connectivity index (χ1v) is 21.9. The van der Waals surface area contributed by atoms with Crippen LogP contribution < -0.4 is 4.74 Å². The molecule has 5 nitrogen and oxygen atoms in total. The normalized spacial score (nSPS) is 20.1. The Morgan fingerprint density at radius 2 is 1.45 bits per heavy atom. The number of rotatable bonds is 20. The average Bonchev–Trinajstić information content (AvgIpc) is 3.23. The van der Waals surface area contributed by atoms with E-state index in [0.717, 1.165) is 57.6 Å². The van der Waals surface area contributed by atoms with Crippen LogP contribution in [0.2, 0.25) is 0 Å². The number of unbranched alkanes of at least 4 members (excludes halogenated alkanes) is 2. The lowest BCUT2D eigenvalue weighted by atomic mass is 9.68. The number of halogens is 1. The van der Waals surface area contributed by atoms with E-state index < -0.39 is 11.4 Å². The lowest BCUT2D eigenvalue weighted by Crippen LogP contribution is -2.31. The fourth-order valence-electron chi connectivity index (χ4n) is 9.36. The summed E-state index contributed by atoms with van der Waals surface area (Å²) in [4.78, 5) is 12.1. The summed E-state index contributed by atoms with van der Waals surface area (Å²) in [6.07, 6.45) is 18.5. The molecule has 0 saturated heterocycles. The van der Waals surface area contributed by atoms with E-state index in [1.54, 1.807) is 13.0 Å². The molecule has 2 N–H and O–H groups in total. The van der Waals surface area contributed by atoms with Crippen molar-refractivity contribution < 1.29 is 28.9 Å². The van der Waals surface area contributed by atoms with Crippen LogP contribution in [0.4, 0.5) is 4.39 Å². The van der Waals surface area contributed by atoms with E-state index in [4.69, 9.17) is 9.47 Å². The first-order valence-electron chi connectivity index (χ1n) is 21.9. The summed E-state index contributed by atoms with van der Waals surface area (Å²) >= 11 is 0. The van der Waals surface area contributed by atoms with Gasteiger partial charge in [-0.15, -0.1) is 0 Å². The molecular formula is C50H69FO5. The van der Waals surface area contributed by atoms with E-state index in [-0.39, 0.29) is 25.6 Å². The standard InChI is InChI=1S/C50H69FO5/c1-6-9-10-11-36-12-14-38(15-13-36)39-16-18-40(19-17-39)41-20-24-46(47(51)32-41)43-21-23-45(37(7-2)30-43)42-22-25-48(55-29-27-50(8-3,33-52)34-53)44(31-42)26-28-56-49(54)35(4)5/h20-25,30-32,36,38-40,52-53H,4,6-19,26-29,33-34H2,1-3,5H3. The second-order valence-corrected chi connectivity index (χ2v) is 17.1. The van der Waals surface area contributed by atoms with Gasteiger partial charge in [-0.25, -0.2) is 9.18 Å². The predicted octanol–water partition coefficient (Wildman–Crippen LogP) is 12.2. The Labute approximate surface area is 337 Å². The summed E-state index contributed by atoms with van der Waals surface area (Å²) in [5, 5.41) is 19.8. The van der Waals surface area contributed by atoms with Crippen molar-refractivity contribution in [3.63, 3.8) is 0 Å². The van der Waals surface area contributed by atoms with Gasteiger partial charge in [-0.1, -0.05) is 102 Å². The number of aliphatic hydroxyl groups excluding tert-OH is 2. The Kier molecular flexibility index (Phi) is 16.6. The van der Waals surface area contributed by atoms with Gasteiger partial charge in [0.1, 0.15) is 11.6 Å². The highest BCUT2D eigenvalue weighted by Gasteiger charge is 2.32. The molecule has 0 spiro atoms. The maximum absolute atomic E-state index is 15.9. The van der Waals surface area contributed by atoms with Crippen LogP contribution in [0.15, 0.2) is 66.7 Å². The Balaban J connectivity index is 1.26. The Bertz CT molecular complexity index is 1700. The summed E-state index contributed by atoms with van der Waals surface area (Å²) < 4.78 is 27.6.